The first-order valence-corrected chi connectivity index (χ1v) is 11.8. The Morgan fingerprint density at radius 2 is 1.69 bits per heavy atom. The van der Waals surface area contributed by atoms with E-state index in [1.54, 1.807) is 13.2 Å². The van der Waals surface area contributed by atoms with Crippen LogP contribution in [0.1, 0.15) is 30.9 Å². The molecule has 1 heterocycles. The summed E-state index contributed by atoms with van der Waals surface area (Å²) in [5, 5.41) is 14.3. The summed E-state index contributed by atoms with van der Waals surface area (Å²) in [5.41, 5.74) is 5.16. The Morgan fingerprint density at radius 1 is 0.914 bits per heavy atom. The number of aromatic nitrogens is 2. The van der Waals surface area contributed by atoms with Crippen LogP contribution in [-0.4, -0.2) is 34.6 Å². The number of unbranched alkanes of at least 4 members (excludes halogenated alkanes) is 1. The maximum atomic E-state index is 11.4. The minimum Gasteiger partial charge on any atom is -0.496 e. The molecule has 0 amide bonds. The predicted octanol–water partition coefficient (Wildman–Crippen LogP) is 6.08. The number of hydrogen-bond donors (Lipinski definition) is 1. The first-order valence-electron chi connectivity index (χ1n) is 11.8. The van der Waals surface area contributed by atoms with Crippen molar-refractivity contribution in [2.75, 3.05) is 13.7 Å². The van der Waals surface area contributed by atoms with Gasteiger partial charge < -0.3 is 14.6 Å². The Balaban J connectivity index is 1.84. The van der Waals surface area contributed by atoms with Gasteiger partial charge in [0.2, 0.25) is 0 Å². The molecule has 0 aliphatic carbocycles. The number of nitrogens with zero attached hydrogens (tertiary/aromatic N) is 2. The summed E-state index contributed by atoms with van der Waals surface area (Å²) in [5.74, 6) is 0.579. The van der Waals surface area contributed by atoms with Gasteiger partial charge in [0.05, 0.1) is 38.1 Å². The summed E-state index contributed by atoms with van der Waals surface area (Å²) in [6.45, 7) is 3.28. The van der Waals surface area contributed by atoms with E-state index in [1.807, 2.05) is 65.3 Å². The molecule has 0 radical (unpaired) electrons. The number of carboxylic acids is 1. The maximum absolute atomic E-state index is 11.4. The molecule has 0 bridgehead atoms. The van der Waals surface area contributed by atoms with Crippen molar-refractivity contribution in [1.29, 1.82) is 0 Å². The van der Waals surface area contributed by atoms with E-state index >= 15 is 0 Å². The molecule has 180 valence electrons. The molecule has 0 aliphatic heterocycles. The maximum Gasteiger partial charge on any atom is 0.307 e. The van der Waals surface area contributed by atoms with E-state index in [9.17, 15) is 9.90 Å². The van der Waals surface area contributed by atoms with E-state index in [4.69, 9.17) is 14.6 Å². The van der Waals surface area contributed by atoms with Gasteiger partial charge in [-0.05, 0) is 47.9 Å². The normalized spacial score (nSPS) is 10.8. The molecule has 4 aromatic rings. The van der Waals surface area contributed by atoms with Crippen molar-refractivity contribution in [3.63, 3.8) is 0 Å². The molecule has 35 heavy (non-hydrogen) atoms. The number of carbonyl (C=O) groups is 1. The number of carboxylic acid groups (broad SMARTS) is 1. The molecule has 0 atom stereocenters. The molecule has 0 fully saturated rings. The lowest BCUT2D eigenvalue weighted by Gasteiger charge is -2.11. The molecular weight excluding hydrogens is 440 g/mol. The average Bonchev–Trinajstić information content (AvgIpc) is 3.28. The van der Waals surface area contributed by atoms with Crippen LogP contribution >= 0.6 is 0 Å². The lowest BCUT2D eigenvalue weighted by molar-refractivity contribution is -0.136. The van der Waals surface area contributed by atoms with Gasteiger partial charge in [-0.3, -0.25) is 9.48 Å². The van der Waals surface area contributed by atoms with E-state index < -0.39 is 5.97 Å². The summed E-state index contributed by atoms with van der Waals surface area (Å²) in [7, 11) is 1.66. The molecule has 0 saturated heterocycles. The molecule has 0 saturated carbocycles. The number of rotatable bonds is 11. The van der Waals surface area contributed by atoms with Crippen molar-refractivity contribution >= 4 is 5.97 Å². The topological polar surface area (TPSA) is 73.6 Å². The molecule has 6 nitrogen and oxygen atoms in total. The Labute approximate surface area is 205 Å². The van der Waals surface area contributed by atoms with Crippen molar-refractivity contribution in [2.45, 2.75) is 32.7 Å². The Kier molecular flexibility index (Phi) is 7.83. The van der Waals surface area contributed by atoms with Gasteiger partial charge in [0.1, 0.15) is 11.5 Å². The molecule has 0 spiro atoms. The number of methoxy groups -OCH3 is 1. The van der Waals surface area contributed by atoms with Crippen LogP contribution in [0.5, 0.6) is 11.5 Å². The largest absolute Gasteiger partial charge is 0.496 e. The fourth-order valence-corrected chi connectivity index (χ4v) is 4.01. The van der Waals surface area contributed by atoms with Crippen molar-refractivity contribution < 1.29 is 19.4 Å². The Bertz CT molecular complexity index is 1280. The minimum absolute atomic E-state index is 0.0632. The van der Waals surface area contributed by atoms with Crippen LogP contribution in [0.15, 0.2) is 78.9 Å². The summed E-state index contributed by atoms with van der Waals surface area (Å²) in [4.78, 5) is 11.4. The second-order valence-electron chi connectivity index (χ2n) is 8.36. The average molecular weight is 471 g/mol. The van der Waals surface area contributed by atoms with Crippen LogP contribution in [0.25, 0.3) is 22.5 Å². The quantitative estimate of drug-likeness (QED) is 0.269. The standard InChI is InChI=1S/C29H30N2O4/c1-3-4-16-35-28-15-14-22(18-29(32)33)17-24(28)25-19-26(23-12-8-9-13-27(23)34-2)31(30-25)20-21-10-6-5-7-11-21/h5-15,17,19H,3-4,16,18,20H2,1-2H3,(H,32,33). The third-order valence-electron chi connectivity index (χ3n) is 5.77. The summed E-state index contributed by atoms with van der Waals surface area (Å²) in [6.07, 6.45) is 1.90. The molecule has 0 aliphatic rings. The molecule has 3 aromatic carbocycles. The van der Waals surface area contributed by atoms with Crippen molar-refractivity contribution in [1.82, 2.24) is 9.78 Å². The molecule has 1 aromatic heterocycles. The number of hydrogen-bond acceptors (Lipinski definition) is 4. The van der Waals surface area contributed by atoms with Crippen LogP contribution < -0.4 is 9.47 Å². The fraction of sp³-hybridized carbons (Fsp3) is 0.241. The predicted molar refractivity (Wildman–Crippen MR) is 137 cm³/mol. The zero-order valence-corrected chi connectivity index (χ0v) is 20.1. The summed E-state index contributed by atoms with van der Waals surface area (Å²) < 4.78 is 13.7. The van der Waals surface area contributed by atoms with Crippen LogP contribution in [0.4, 0.5) is 0 Å². The van der Waals surface area contributed by atoms with Gasteiger partial charge in [-0.1, -0.05) is 61.9 Å². The second kappa shape index (κ2) is 11.4. The zero-order chi connectivity index (χ0) is 24.6. The number of para-hydroxylation sites is 1. The first kappa shape index (κ1) is 24.1. The zero-order valence-electron chi connectivity index (χ0n) is 20.1. The Hall–Kier alpha value is -4.06. The van der Waals surface area contributed by atoms with Gasteiger partial charge in [0, 0.05) is 11.1 Å². The van der Waals surface area contributed by atoms with Crippen LogP contribution in [0.3, 0.4) is 0 Å². The third kappa shape index (κ3) is 5.90. The smallest absolute Gasteiger partial charge is 0.307 e. The fourth-order valence-electron chi connectivity index (χ4n) is 4.01. The summed E-state index contributed by atoms with van der Waals surface area (Å²) in [6, 6.07) is 25.6. The minimum atomic E-state index is -0.875. The van der Waals surface area contributed by atoms with Crippen molar-refractivity contribution in [3.8, 4) is 34.0 Å². The van der Waals surface area contributed by atoms with Gasteiger partial charge in [-0.2, -0.15) is 5.10 Å². The first-order chi connectivity index (χ1) is 17.1. The van der Waals surface area contributed by atoms with E-state index in [1.165, 1.54) is 0 Å². The molecule has 6 heteroatoms. The van der Waals surface area contributed by atoms with E-state index in [2.05, 4.69) is 19.1 Å². The van der Waals surface area contributed by atoms with Gasteiger partial charge in [-0.25, -0.2) is 0 Å². The van der Waals surface area contributed by atoms with Gasteiger partial charge in [-0.15, -0.1) is 0 Å². The monoisotopic (exact) mass is 470 g/mol. The van der Waals surface area contributed by atoms with Crippen molar-refractivity contribution in [2.24, 2.45) is 0 Å². The van der Waals surface area contributed by atoms with Crippen LogP contribution in [-0.2, 0) is 17.8 Å². The Morgan fingerprint density at radius 3 is 2.43 bits per heavy atom. The molecule has 0 unspecified atom stereocenters. The second-order valence-corrected chi connectivity index (χ2v) is 8.36. The molecule has 4 rings (SSSR count). The molecule has 1 N–H and O–H groups in total. The van der Waals surface area contributed by atoms with Crippen LogP contribution in [0.2, 0.25) is 0 Å². The van der Waals surface area contributed by atoms with Crippen molar-refractivity contribution in [3.05, 3.63) is 90.0 Å². The van der Waals surface area contributed by atoms with Gasteiger partial charge in [0.25, 0.3) is 0 Å². The van der Waals surface area contributed by atoms with E-state index in [-0.39, 0.29) is 6.42 Å². The lowest BCUT2D eigenvalue weighted by Crippen LogP contribution is -2.05. The van der Waals surface area contributed by atoms with Gasteiger partial charge in [0.15, 0.2) is 0 Å². The highest BCUT2D eigenvalue weighted by molar-refractivity contribution is 5.77. The molecular formula is C29H30N2O4. The van der Waals surface area contributed by atoms with Crippen LogP contribution in [0, 0.1) is 0 Å². The SMILES string of the molecule is CCCCOc1ccc(CC(=O)O)cc1-c1cc(-c2ccccc2OC)n(Cc2ccccc2)n1. The number of benzene rings is 3. The highest BCUT2D eigenvalue weighted by atomic mass is 16.5. The third-order valence-corrected chi connectivity index (χ3v) is 5.77. The van der Waals surface area contributed by atoms with E-state index in [0.29, 0.717) is 24.5 Å². The lowest BCUT2D eigenvalue weighted by atomic mass is 10.0. The van der Waals surface area contributed by atoms with Gasteiger partial charge >= 0.3 is 5.97 Å². The highest BCUT2D eigenvalue weighted by Crippen LogP contribution is 2.36. The summed E-state index contributed by atoms with van der Waals surface area (Å²) >= 11 is 0. The number of aliphatic carboxylic acids is 1. The number of ether oxygens (including phenoxy) is 2. The van der Waals surface area contributed by atoms with E-state index in [0.717, 1.165) is 46.7 Å². The highest BCUT2D eigenvalue weighted by Gasteiger charge is 2.18.